The average Bonchev–Trinajstić information content (AvgIpc) is 2.08. The zero-order chi connectivity index (χ0) is 10.9. The van der Waals surface area contributed by atoms with Gasteiger partial charge in [-0.15, -0.1) is 0 Å². The fourth-order valence-corrected chi connectivity index (χ4v) is 1.25. The maximum atomic E-state index is 10.4. The zero-order valence-electron chi connectivity index (χ0n) is 6.51. The molecular formula is C6H3BrN2O5. The molecule has 0 fully saturated rings. The first-order valence-electron chi connectivity index (χ1n) is 3.24. The van der Waals surface area contributed by atoms with Crippen molar-refractivity contribution in [1.82, 2.24) is 0 Å². The van der Waals surface area contributed by atoms with E-state index >= 15 is 0 Å². The standard InChI is InChI=1S/C6H3BrN2O5/c7-4-1-3(8(11)12)2-5(6(4)10)9(13)14/h1-2,10H. The SMILES string of the molecule is O=[N+]([O-])c1cc(Br)c(O)c([N+](=O)[O-])c1. The van der Waals surface area contributed by atoms with Crippen molar-refractivity contribution in [2.24, 2.45) is 0 Å². The Balaban J connectivity index is 3.43. The smallest absolute Gasteiger partial charge is 0.318 e. The second-order valence-corrected chi connectivity index (χ2v) is 3.16. The third kappa shape index (κ3) is 1.79. The topological polar surface area (TPSA) is 107 Å². The predicted octanol–water partition coefficient (Wildman–Crippen LogP) is 1.97. The summed E-state index contributed by atoms with van der Waals surface area (Å²) in [6.45, 7) is 0. The fourth-order valence-electron chi connectivity index (χ4n) is 0.815. The molecule has 0 spiro atoms. The van der Waals surface area contributed by atoms with E-state index < -0.39 is 27.0 Å². The van der Waals surface area contributed by atoms with Gasteiger partial charge in [0.15, 0.2) is 0 Å². The Hall–Kier alpha value is -1.70. The van der Waals surface area contributed by atoms with Crippen LogP contribution in [0.25, 0.3) is 0 Å². The molecule has 7 nitrogen and oxygen atoms in total. The van der Waals surface area contributed by atoms with Crippen LogP contribution in [0.2, 0.25) is 0 Å². The van der Waals surface area contributed by atoms with Crippen LogP contribution in [0.1, 0.15) is 0 Å². The Labute approximate surface area is 85.4 Å². The van der Waals surface area contributed by atoms with Crippen molar-refractivity contribution in [3.05, 3.63) is 36.8 Å². The number of halogens is 1. The monoisotopic (exact) mass is 262 g/mol. The lowest BCUT2D eigenvalue weighted by Gasteiger charge is -1.98. The zero-order valence-corrected chi connectivity index (χ0v) is 8.09. The average molecular weight is 263 g/mol. The van der Waals surface area contributed by atoms with Crippen molar-refractivity contribution in [1.29, 1.82) is 0 Å². The van der Waals surface area contributed by atoms with Gasteiger partial charge in [-0.05, 0) is 15.9 Å². The third-order valence-corrected chi connectivity index (χ3v) is 2.04. The lowest BCUT2D eigenvalue weighted by molar-refractivity contribution is -0.394. The van der Waals surface area contributed by atoms with E-state index in [-0.39, 0.29) is 4.47 Å². The molecule has 0 aromatic heterocycles. The van der Waals surface area contributed by atoms with E-state index in [9.17, 15) is 20.2 Å². The molecule has 0 saturated heterocycles. The Morgan fingerprint density at radius 1 is 1.21 bits per heavy atom. The highest BCUT2D eigenvalue weighted by Gasteiger charge is 2.22. The van der Waals surface area contributed by atoms with Crippen LogP contribution in [0, 0.1) is 20.2 Å². The summed E-state index contributed by atoms with van der Waals surface area (Å²) in [7, 11) is 0. The van der Waals surface area contributed by atoms with Crippen molar-refractivity contribution < 1.29 is 15.0 Å². The van der Waals surface area contributed by atoms with E-state index in [0.717, 1.165) is 6.07 Å². The van der Waals surface area contributed by atoms with Crippen LogP contribution in [0.3, 0.4) is 0 Å². The summed E-state index contributed by atoms with van der Waals surface area (Å²) in [6.07, 6.45) is 0. The minimum atomic E-state index is -0.896. The molecule has 14 heavy (non-hydrogen) atoms. The quantitative estimate of drug-likeness (QED) is 0.648. The van der Waals surface area contributed by atoms with Gasteiger partial charge in [0.05, 0.1) is 20.4 Å². The number of benzene rings is 1. The first-order chi connectivity index (χ1) is 6.43. The minimum absolute atomic E-state index is 0.0848. The summed E-state index contributed by atoms with van der Waals surface area (Å²) in [5.74, 6) is -0.624. The molecular weight excluding hydrogens is 260 g/mol. The van der Waals surface area contributed by atoms with Gasteiger partial charge >= 0.3 is 5.69 Å². The molecule has 74 valence electrons. The second-order valence-electron chi connectivity index (χ2n) is 2.31. The highest BCUT2D eigenvalue weighted by atomic mass is 79.9. The highest BCUT2D eigenvalue weighted by Crippen LogP contribution is 2.37. The van der Waals surface area contributed by atoms with Gasteiger partial charge < -0.3 is 5.11 Å². The third-order valence-electron chi connectivity index (χ3n) is 1.44. The van der Waals surface area contributed by atoms with Crippen LogP contribution in [0.4, 0.5) is 11.4 Å². The van der Waals surface area contributed by atoms with Gasteiger partial charge in [-0.3, -0.25) is 20.2 Å². The number of phenolic OH excluding ortho intramolecular Hbond substituents is 1. The van der Waals surface area contributed by atoms with Gasteiger partial charge in [0.2, 0.25) is 5.75 Å². The predicted molar refractivity (Wildman–Crippen MR) is 49.1 cm³/mol. The van der Waals surface area contributed by atoms with E-state index in [4.69, 9.17) is 5.11 Å². The molecule has 0 atom stereocenters. The second kappa shape index (κ2) is 3.58. The van der Waals surface area contributed by atoms with Gasteiger partial charge in [-0.2, -0.15) is 0 Å². The number of phenols is 1. The summed E-state index contributed by atoms with van der Waals surface area (Å²) in [4.78, 5) is 19.0. The molecule has 0 aliphatic carbocycles. The Morgan fingerprint density at radius 3 is 2.21 bits per heavy atom. The molecule has 8 heteroatoms. The number of hydrogen-bond donors (Lipinski definition) is 1. The molecule has 0 saturated carbocycles. The lowest BCUT2D eigenvalue weighted by atomic mass is 10.2. The molecule has 1 rings (SSSR count). The molecule has 0 aliphatic rings. The number of hydrogen-bond acceptors (Lipinski definition) is 5. The molecule has 0 bridgehead atoms. The van der Waals surface area contributed by atoms with Crippen molar-refractivity contribution in [2.45, 2.75) is 0 Å². The number of rotatable bonds is 2. The largest absolute Gasteiger partial charge is 0.501 e. The summed E-state index contributed by atoms with van der Waals surface area (Å²) in [5, 5.41) is 29.8. The molecule has 0 aliphatic heterocycles. The van der Waals surface area contributed by atoms with Crippen molar-refractivity contribution in [2.75, 3.05) is 0 Å². The lowest BCUT2D eigenvalue weighted by Crippen LogP contribution is -1.93. The van der Waals surface area contributed by atoms with Gasteiger partial charge in [0.25, 0.3) is 5.69 Å². The number of nitrogens with zero attached hydrogens (tertiary/aromatic N) is 2. The minimum Gasteiger partial charge on any atom is -0.501 e. The van der Waals surface area contributed by atoms with Crippen molar-refractivity contribution >= 4 is 27.3 Å². The van der Waals surface area contributed by atoms with E-state index in [2.05, 4.69) is 15.9 Å². The first kappa shape index (κ1) is 10.4. The van der Waals surface area contributed by atoms with E-state index in [1.54, 1.807) is 0 Å². The van der Waals surface area contributed by atoms with Gasteiger partial charge in [-0.25, -0.2) is 0 Å². The Bertz CT molecular complexity index is 419. The van der Waals surface area contributed by atoms with Gasteiger partial charge in [0, 0.05) is 6.07 Å². The molecule has 1 aromatic carbocycles. The van der Waals surface area contributed by atoms with Gasteiger partial charge in [-0.1, -0.05) is 0 Å². The molecule has 0 unspecified atom stereocenters. The maximum Gasteiger partial charge on any atom is 0.318 e. The fraction of sp³-hybridized carbons (Fsp3) is 0. The maximum absolute atomic E-state index is 10.4. The molecule has 0 heterocycles. The van der Waals surface area contributed by atoms with Crippen LogP contribution in [0.5, 0.6) is 5.75 Å². The van der Waals surface area contributed by atoms with Crippen LogP contribution in [-0.2, 0) is 0 Å². The highest BCUT2D eigenvalue weighted by molar-refractivity contribution is 9.10. The summed E-state index contributed by atoms with van der Waals surface area (Å²) >= 11 is 2.77. The van der Waals surface area contributed by atoms with E-state index in [1.165, 1.54) is 0 Å². The first-order valence-corrected chi connectivity index (χ1v) is 4.04. The van der Waals surface area contributed by atoms with Crippen molar-refractivity contribution in [3.8, 4) is 5.75 Å². The van der Waals surface area contributed by atoms with Crippen molar-refractivity contribution in [3.63, 3.8) is 0 Å². The number of non-ortho nitro benzene ring substituents is 1. The van der Waals surface area contributed by atoms with Crippen LogP contribution in [0.15, 0.2) is 16.6 Å². The molecule has 1 N–H and O–H groups in total. The van der Waals surface area contributed by atoms with Gasteiger partial charge in [0.1, 0.15) is 0 Å². The number of nitro benzene ring substituents is 2. The van der Waals surface area contributed by atoms with E-state index in [0.29, 0.717) is 6.07 Å². The normalized spacial score (nSPS) is 9.79. The van der Waals surface area contributed by atoms with Crippen LogP contribution >= 0.6 is 15.9 Å². The van der Waals surface area contributed by atoms with Crippen LogP contribution in [-0.4, -0.2) is 15.0 Å². The Morgan fingerprint density at radius 2 is 1.79 bits per heavy atom. The van der Waals surface area contributed by atoms with Crippen LogP contribution < -0.4 is 0 Å². The number of aromatic hydroxyl groups is 1. The molecule has 1 aromatic rings. The number of nitro groups is 2. The molecule has 0 radical (unpaired) electrons. The molecule has 0 amide bonds. The van der Waals surface area contributed by atoms with E-state index in [1.807, 2.05) is 0 Å². The Kier molecular flexibility index (Phi) is 2.65. The summed E-state index contributed by atoms with van der Waals surface area (Å²) in [6, 6.07) is 1.68. The summed E-state index contributed by atoms with van der Waals surface area (Å²) < 4.78 is -0.0848. The summed E-state index contributed by atoms with van der Waals surface area (Å²) in [5.41, 5.74) is -1.16.